The molecule has 168 valence electrons. The average Bonchev–Trinajstić information content (AvgIpc) is 2.78. The monoisotopic (exact) mass is 444 g/mol. The lowest BCUT2D eigenvalue weighted by Gasteiger charge is -2.27. The number of carbonyl (C=O) groups excluding carboxylic acids is 1. The molecule has 1 N–H and O–H groups in total. The molecule has 0 atom stereocenters. The van der Waals surface area contributed by atoms with Gasteiger partial charge < -0.3 is 5.32 Å². The first kappa shape index (κ1) is 23.2. The Balaban J connectivity index is 1.57. The maximum atomic E-state index is 12.7. The van der Waals surface area contributed by atoms with Gasteiger partial charge >= 0.3 is 10.2 Å². The van der Waals surface area contributed by atoms with E-state index in [2.05, 4.69) is 22.3 Å². The van der Waals surface area contributed by atoms with Gasteiger partial charge in [0.25, 0.3) is 0 Å². The van der Waals surface area contributed by atoms with Crippen LogP contribution in [0.2, 0.25) is 0 Å². The molecule has 0 spiro atoms. The Morgan fingerprint density at radius 1 is 0.935 bits per heavy atom. The predicted molar refractivity (Wildman–Crippen MR) is 124 cm³/mol. The molecule has 0 aromatic heterocycles. The Bertz CT molecular complexity index is 941. The highest BCUT2D eigenvalue weighted by molar-refractivity contribution is 7.90. The first-order valence-electron chi connectivity index (χ1n) is 10.7. The molecule has 31 heavy (non-hydrogen) atoms. The van der Waals surface area contributed by atoms with Gasteiger partial charge in [-0.2, -0.15) is 12.7 Å². The van der Waals surface area contributed by atoms with Gasteiger partial charge in [-0.1, -0.05) is 48.9 Å². The number of rotatable bonds is 9. The topological polar surface area (TPSA) is 73.0 Å². The fourth-order valence-electron chi connectivity index (χ4n) is 3.62. The van der Waals surface area contributed by atoms with Crippen molar-refractivity contribution in [2.45, 2.75) is 32.4 Å². The number of nitrogens with one attached hydrogen (secondary N) is 1. The number of carbonyl (C=O) groups is 1. The summed E-state index contributed by atoms with van der Waals surface area (Å²) < 4.78 is 27.6. The summed E-state index contributed by atoms with van der Waals surface area (Å²) >= 11 is 0. The van der Waals surface area contributed by atoms with Gasteiger partial charge in [-0.3, -0.25) is 9.69 Å². The van der Waals surface area contributed by atoms with Crippen LogP contribution in [0.15, 0.2) is 54.6 Å². The summed E-state index contributed by atoms with van der Waals surface area (Å²) in [6.07, 6.45) is 3.87. The zero-order valence-corrected chi connectivity index (χ0v) is 19.1. The van der Waals surface area contributed by atoms with Gasteiger partial charge in [-0.05, 0) is 49.2 Å². The number of nitrogens with zero attached hydrogens (tertiary/aromatic N) is 3. The van der Waals surface area contributed by atoms with Gasteiger partial charge in [-0.25, -0.2) is 4.31 Å². The molecule has 7 nitrogen and oxygen atoms in total. The lowest BCUT2D eigenvalue weighted by Crippen LogP contribution is -2.45. The van der Waals surface area contributed by atoms with Crippen molar-refractivity contribution in [2.24, 2.45) is 0 Å². The fourth-order valence-corrected chi connectivity index (χ4v) is 4.69. The van der Waals surface area contributed by atoms with E-state index in [1.165, 1.54) is 38.9 Å². The standard InChI is InChI=1S/C23H32N4O3S/c1-25(2)31(29,30)27(22-9-5-3-6-10-22)19-23(28)24-17-20-11-13-21(14-12-20)18-26-15-7-4-8-16-26/h3,5-6,9-14H,4,7-8,15-19H2,1-2H3,(H,24,28). The molecule has 0 saturated carbocycles. The minimum atomic E-state index is -3.79. The number of piperidine rings is 1. The first-order chi connectivity index (χ1) is 14.9. The molecule has 1 aliphatic rings. The summed E-state index contributed by atoms with van der Waals surface area (Å²) in [5, 5.41) is 2.84. The highest BCUT2D eigenvalue weighted by atomic mass is 32.2. The molecule has 1 aliphatic heterocycles. The maximum Gasteiger partial charge on any atom is 0.304 e. The first-order valence-corrected chi connectivity index (χ1v) is 12.1. The van der Waals surface area contributed by atoms with Crippen molar-refractivity contribution in [2.75, 3.05) is 38.0 Å². The van der Waals surface area contributed by atoms with E-state index in [4.69, 9.17) is 0 Å². The lowest BCUT2D eigenvalue weighted by molar-refractivity contribution is -0.119. The van der Waals surface area contributed by atoms with E-state index in [0.717, 1.165) is 33.8 Å². The van der Waals surface area contributed by atoms with Gasteiger partial charge in [0.15, 0.2) is 0 Å². The Kier molecular flexibility index (Phi) is 8.06. The Labute approximate surface area is 185 Å². The maximum absolute atomic E-state index is 12.7. The Morgan fingerprint density at radius 3 is 2.16 bits per heavy atom. The molecule has 1 saturated heterocycles. The molecule has 2 aromatic rings. The molecular weight excluding hydrogens is 412 g/mol. The molecule has 1 fully saturated rings. The molecule has 2 aromatic carbocycles. The van der Waals surface area contributed by atoms with Gasteiger partial charge in [0.05, 0.1) is 5.69 Å². The fraction of sp³-hybridized carbons (Fsp3) is 0.435. The van der Waals surface area contributed by atoms with Crippen molar-refractivity contribution in [1.29, 1.82) is 0 Å². The number of likely N-dealkylation sites (tertiary alicyclic amines) is 1. The van der Waals surface area contributed by atoms with Gasteiger partial charge in [0, 0.05) is 27.2 Å². The van der Waals surface area contributed by atoms with E-state index in [-0.39, 0.29) is 12.5 Å². The van der Waals surface area contributed by atoms with Crippen molar-refractivity contribution in [1.82, 2.24) is 14.5 Å². The summed E-state index contributed by atoms with van der Waals surface area (Å²) in [6, 6.07) is 16.9. The van der Waals surface area contributed by atoms with E-state index in [0.29, 0.717) is 12.2 Å². The van der Waals surface area contributed by atoms with Crippen molar-refractivity contribution in [3.8, 4) is 0 Å². The predicted octanol–water partition coefficient (Wildman–Crippen LogP) is 2.60. The van der Waals surface area contributed by atoms with E-state index < -0.39 is 10.2 Å². The molecule has 1 amide bonds. The summed E-state index contributed by atoms with van der Waals surface area (Å²) in [6.45, 7) is 3.35. The number of amides is 1. The second-order valence-corrected chi connectivity index (χ2v) is 10.1. The summed E-state index contributed by atoms with van der Waals surface area (Å²) in [4.78, 5) is 15.0. The zero-order chi connectivity index (χ0) is 22.3. The molecule has 0 radical (unpaired) electrons. The van der Waals surface area contributed by atoms with Crippen molar-refractivity contribution >= 4 is 21.8 Å². The molecular formula is C23H32N4O3S. The van der Waals surface area contributed by atoms with Crippen LogP contribution in [-0.4, -0.2) is 57.3 Å². The van der Waals surface area contributed by atoms with Crippen LogP contribution in [0.4, 0.5) is 5.69 Å². The van der Waals surface area contributed by atoms with Crippen LogP contribution < -0.4 is 9.62 Å². The third kappa shape index (κ3) is 6.53. The van der Waals surface area contributed by atoms with Crippen molar-refractivity contribution in [3.63, 3.8) is 0 Å². The number of anilines is 1. The van der Waals surface area contributed by atoms with Crippen LogP contribution in [0.1, 0.15) is 30.4 Å². The van der Waals surface area contributed by atoms with Crippen LogP contribution in [-0.2, 0) is 28.1 Å². The van der Waals surface area contributed by atoms with E-state index in [9.17, 15) is 13.2 Å². The average molecular weight is 445 g/mol. The van der Waals surface area contributed by atoms with E-state index >= 15 is 0 Å². The smallest absolute Gasteiger partial charge is 0.304 e. The molecule has 0 bridgehead atoms. The van der Waals surface area contributed by atoms with Gasteiger partial charge in [0.2, 0.25) is 5.91 Å². The molecule has 0 unspecified atom stereocenters. The van der Waals surface area contributed by atoms with E-state index in [1.807, 2.05) is 12.1 Å². The Hall–Kier alpha value is -2.42. The third-order valence-corrected chi connectivity index (χ3v) is 7.26. The minimum absolute atomic E-state index is 0.280. The molecule has 1 heterocycles. The lowest BCUT2D eigenvalue weighted by atomic mass is 10.1. The summed E-state index contributed by atoms with van der Waals surface area (Å²) in [7, 11) is -0.883. The van der Waals surface area contributed by atoms with Crippen LogP contribution >= 0.6 is 0 Å². The molecule has 8 heteroatoms. The van der Waals surface area contributed by atoms with Crippen molar-refractivity contribution in [3.05, 3.63) is 65.7 Å². The quantitative estimate of drug-likeness (QED) is 0.645. The normalized spacial score (nSPS) is 15.1. The van der Waals surface area contributed by atoms with Crippen LogP contribution in [0.5, 0.6) is 0 Å². The number of hydrogen-bond donors (Lipinski definition) is 1. The van der Waals surface area contributed by atoms with Crippen LogP contribution in [0.25, 0.3) is 0 Å². The van der Waals surface area contributed by atoms with Crippen molar-refractivity contribution < 1.29 is 13.2 Å². The SMILES string of the molecule is CN(C)S(=O)(=O)N(CC(=O)NCc1ccc(CN2CCCCC2)cc1)c1ccccc1. The van der Waals surface area contributed by atoms with Crippen LogP contribution in [0, 0.1) is 0 Å². The highest BCUT2D eigenvalue weighted by Gasteiger charge is 2.27. The third-order valence-electron chi connectivity index (χ3n) is 5.44. The second kappa shape index (κ2) is 10.7. The zero-order valence-electron chi connectivity index (χ0n) is 18.3. The largest absolute Gasteiger partial charge is 0.350 e. The van der Waals surface area contributed by atoms with Crippen LogP contribution in [0.3, 0.4) is 0 Å². The second-order valence-electron chi connectivity index (χ2n) is 8.06. The summed E-state index contributed by atoms with van der Waals surface area (Å²) in [5.41, 5.74) is 2.70. The van der Waals surface area contributed by atoms with Gasteiger partial charge in [0.1, 0.15) is 6.54 Å². The Morgan fingerprint density at radius 2 is 1.55 bits per heavy atom. The molecule has 3 rings (SSSR count). The minimum Gasteiger partial charge on any atom is -0.350 e. The highest BCUT2D eigenvalue weighted by Crippen LogP contribution is 2.18. The number of benzene rings is 2. The van der Waals surface area contributed by atoms with E-state index in [1.54, 1.807) is 30.3 Å². The number of hydrogen-bond acceptors (Lipinski definition) is 4. The molecule has 0 aliphatic carbocycles. The van der Waals surface area contributed by atoms with Gasteiger partial charge in [-0.15, -0.1) is 0 Å². The number of para-hydroxylation sites is 1. The summed E-state index contributed by atoms with van der Waals surface area (Å²) in [5.74, 6) is -0.355.